The van der Waals surface area contributed by atoms with Crippen LogP contribution in [0.25, 0.3) is 10.4 Å². The van der Waals surface area contributed by atoms with Crippen molar-refractivity contribution in [2.24, 2.45) is 10.8 Å². The molecule has 0 aliphatic heterocycles. The fraction of sp³-hybridized carbons (Fsp3) is 0.750. The van der Waals surface area contributed by atoms with Gasteiger partial charge in [0, 0.05) is 18.0 Å². The second kappa shape index (κ2) is 5.87. The maximum Gasteiger partial charge on any atom is 0.231 e. The third-order valence-corrected chi connectivity index (χ3v) is 0.751. The molecule has 0 saturated carbocycles. The van der Waals surface area contributed by atoms with Crippen molar-refractivity contribution in [2.45, 2.75) is 0 Å². The first kappa shape index (κ1) is 8.74. The minimum absolute atomic E-state index is 0.126. The molecule has 0 spiro atoms. The van der Waals surface area contributed by atoms with Crippen molar-refractivity contribution in [3.05, 3.63) is 10.4 Å². The Hall–Kier alpha value is -1.26. The molecule has 3 N–H and O–H groups in total. The summed E-state index contributed by atoms with van der Waals surface area (Å²) in [6.45, 7) is 0.942. The van der Waals surface area contributed by atoms with Crippen LogP contribution in [0.1, 0.15) is 0 Å². The lowest BCUT2D eigenvalue weighted by Crippen LogP contribution is -2.30. The molecule has 10 heavy (non-hydrogen) atoms. The summed E-state index contributed by atoms with van der Waals surface area (Å²) in [5.41, 5.74) is 12.6. The summed E-state index contributed by atoms with van der Waals surface area (Å²) in [6, 6.07) is 0. The van der Waals surface area contributed by atoms with Gasteiger partial charge in [-0.1, -0.05) is 5.11 Å². The smallest absolute Gasteiger partial charge is 0.231 e. The van der Waals surface area contributed by atoms with Crippen LogP contribution in [0.2, 0.25) is 0 Å². The third-order valence-electron chi connectivity index (χ3n) is 0.751. The van der Waals surface area contributed by atoms with Crippen molar-refractivity contribution in [1.82, 2.24) is 5.32 Å². The number of carbonyl (C=O) groups is 1. The summed E-state index contributed by atoms with van der Waals surface area (Å²) in [5.74, 6) is -0.416. The Morgan fingerprint density at radius 2 is 2.50 bits per heavy atom. The average molecular weight is 143 g/mol. The van der Waals surface area contributed by atoms with Gasteiger partial charge in [0.1, 0.15) is 0 Å². The Bertz CT molecular complexity index is 146. The molecule has 0 rings (SSSR count). The zero-order chi connectivity index (χ0) is 7.82. The number of azide groups is 1. The van der Waals surface area contributed by atoms with Gasteiger partial charge in [-0.25, -0.2) is 0 Å². The summed E-state index contributed by atoms with van der Waals surface area (Å²) in [6.07, 6.45) is 0. The quantitative estimate of drug-likeness (QED) is 0.231. The van der Waals surface area contributed by atoms with Crippen LogP contribution in [-0.2, 0) is 4.79 Å². The minimum atomic E-state index is -0.416. The summed E-state index contributed by atoms with van der Waals surface area (Å²) in [7, 11) is 0. The molecule has 0 aromatic carbocycles. The molecule has 0 radical (unpaired) electrons. The van der Waals surface area contributed by atoms with Crippen LogP contribution in [0.15, 0.2) is 5.11 Å². The van der Waals surface area contributed by atoms with Gasteiger partial charge in [0.25, 0.3) is 0 Å². The normalized spacial score (nSPS) is 8.40. The standard InChI is InChI=1S/C4H9N5O/c5-4(10)3-7-1-2-8-9-6/h7H,1-3H2,(H2,5,10). The Kier molecular flexibility index (Phi) is 5.13. The van der Waals surface area contributed by atoms with Crippen LogP contribution in [0.5, 0.6) is 0 Å². The van der Waals surface area contributed by atoms with Gasteiger partial charge in [-0.2, -0.15) is 0 Å². The van der Waals surface area contributed by atoms with Gasteiger partial charge in [-0.3, -0.25) is 4.79 Å². The lowest BCUT2D eigenvalue weighted by Gasteiger charge is -1.95. The largest absolute Gasteiger partial charge is 0.369 e. The number of hydrogen-bond acceptors (Lipinski definition) is 3. The van der Waals surface area contributed by atoms with Gasteiger partial charge >= 0.3 is 0 Å². The van der Waals surface area contributed by atoms with E-state index in [2.05, 4.69) is 15.3 Å². The van der Waals surface area contributed by atoms with E-state index >= 15 is 0 Å². The van der Waals surface area contributed by atoms with Crippen molar-refractivity contribution < 1.29 is 4.79 Å². The molecular weight excluding hydrogens is 134 g/mol. The highest BCUT2D eigenvalue weighted by molar-refractivity contribution is 5.75. The first-order valence-corrected chi connectivity index (χ1v) is 2.77. The van der Waals surface area contributed by atoms with Crippen molar-refractivity contribution in [2.75, 3.05) is 19.6 Å². The summed E-state index contributed by atoms with van der Waals surface area (Å²) >= 11 is 0. The van der Waals surface area contributed by atoms with E-state index in [0.29, 0.717) is 13.1 Å². The lowest BCUT2D eigenvalue weighted by atomic mass is 10.5. The fourth-order valence-electron chi connectivity index (χ4n) is 0.385. The number of hydrogen-bond donors (Lipinski definition) is 2. The highest BCUT2D eigenvalue weighted by Crippen LogP contribution is 1.67. The average Bonchev–Trinajstić information content (AvgIpc) is 1.87. The number of rotatable bonds is 5. The van der Waals surface area contributed by atoms with Gasteiger partial charge in [0.2, 0.25) is 5.91 Å². The monoisotopic (exact) mass is 143 g/mol. The van der Waals surface area contributed by atoms with Crippen LogP contribution in [-0.4, -0.2) is 25.5 Å². The van der Waals surface area contributed by atoms with Crippen LogP contribution >= 0.6 is 0 Å². The molecule has 0 heterocycles. The highest BCUT2D eigenvalue weighted by Gasteiger charge is 1.89. The van der Waals surface area contributed by atoms with E-state index in [0.717, 1.165) is 0 Å². The van der Waals surface area contributed by atoms with Crippen LogP contribution < -0.4 is 11.1 Å². The maximum atomic E-state index is 10.1. The van der Waals surface area contributed by atoms with Crippen molar-refractivity contribution >= 4 is 5.91 Å². The molecule has 0 aromatic heterocycles. The summed E-state index contributed by atoms with van der Waals surface area (Å²) in [4.78, 5) is 12.6. The summed E-state index contributed by atoms with van der Waals surface area (Å²) in [5, 5.41) is 5.91. The Morgan fingerprint density at radius 1 is 1.80 bits per heavy atom. The molecule has 1 amide bonds. The lowest BCUT2D eigenvalue weighted by molar-refractivity contribution is -0.117. The Balaban J connectivity index is 3.05. The fourth-order valence-corrected chi connectivity index (χ4v) is 0.385. The zero-order valence-corrected chi connectivity index (χ0v) is 5.45. The number of carbonyl (C=O) groups excluding carboxylic acids is 1. The summed E-state index contributed by atoms with van der Waals surface area (Å²) < 4.78 is 0. The zero-order valence-electron chi connectivity index (χ0n) is 5.45. The van der Waals surface area contributed by atoms with E-state index in [1.54, 1.807) is 0 Å². The molecule has 0 bridgehead atoms. The Morgan fingerprint density at radius 3 is 3.00 bits per heavy atom. The van der Waals surface area contributed by atoms with Crippen LogP contribution in [0, 0.1) is 0 Å². The maximum absolute atomic E-state index is 10.1. The first-order valence-electron chi connectivity index (χ1n) is 2.77. The van der Waals surface area contributed by atoms with Gasteiger partial charge in [-0.05, 0) is 5.53 Å². The molecule has 0 aliphatic carbocycles. The van der Waals surface area contributed by atoms with Crippen LogP contribution in [0.3, 0.4) is 0 Å². The first-order chi connectivity index (χ1) is 4.77. The molecule has 0 aliphatic rings. The molecule has 0 saturated heterocycles. The molecule has 0 fully saturated rings. The second-order valence-electron chi connectivity index (χ2n) is 1.60. The number of primary amides is 1. The van der Waals surface area contributed by atoms with E-state index < -0.39 is 5.91 Å². The van der Waals surface area contributed by atoms with E-state index in [-0.39, 0.29) is 6.54 Å². The number of nitrogens with one attached hydrogen (secondary N) is 1. The van der Waals surface area contributed by atoms with E-state index in [4.69, 9.17) is 11.3 Å². The minimum Gasteiger partial charge on any atom is -0.369 e. The topological polar surface area (TPSA) is 104 Å². The SMILES string of the molecule is [N-]=[N+]=NCCNCC(N)=O. The second-order valence-corrected chi connectivity index (χ2v) is 1.60. The van der Waals surface area contributed by atoms with Crippen LogP contribution in [0.4, 0.5) is 0 Å². The predicted molar refractivity (Wildman–Crippen MR) is 36.1 cm³/mol. The molecule has 0 aromatic rings. The van der Waals surface area contributed by atoms with Gasteiger partial charge in [0.05, 0.1) is 6.54 Å². The molecule has 0 unspecified atom stereocenters. The number of amides is 1. The van der Waals surface area contributed by atoms with Crippen molar-refractivity contribution in [3.8, 4) is 0 Å². The molecule has 6 nitrogen and oxygen atoms in total. The van der Waals surface area contributed by atoms with Gasteiger partial charge in [0.15, 0.2) is 0 Å². The predicted octanol–water partition coefficient (Wildman–Crippen LogP) is -0.628. The Labute approximate surface area is 58.0 Å². The molecular formula is C4H9N5O. The van der Waals surface area contributed by atoms with E-state index in [1.165, 1.54) is 0 Å². The highest BCUT2D eigenvalue weighted by atomic mass is 16.1. The van der Waals surface area contributed by atoms with E-state index in [9.17, 15) is 4.79 Å². The number of nitrogens with two attached hydrogens (primary N) is 1. The van der Waals surface area contributed by atoms with Gasteiger partial charge in [-0.15, -0.1) is 0 Å². The molecule has 0 atom stereocenters. The number of nitrogens with zero attached hydrogens (tertiary/aromatic N) is 3. The van der Waals surface area contributed by atoms with Crippen molar-refractivity contribution in [3.63, 3.8) is 0 Å². The van der Waals surface area contributed by atoms with Gasteiger partial charge < -0.3 is 11.1 Å². The molecule has 6 heteroatoms. The van der Waals surface area contributed by atoms with Crippen molar-refractivity contribution in [1.29, 1.82) is 0 Å². The third kappa shape index (κ3) is 6.74. The molecule has 56 valence electrons. The van der Waals surface area contributed by atoms with E-state index in [1.807, 2.05) is 0 Å².